The first-order valence-electron chi connectivity index (χ1n) is 15.1. The minimum Gasteiger partial charge on any atom is -0.497 e. The number of rotatable bonds is 6. The summed E-state index contributed by atoms with van der Waals surface area (Å²) in [7, 11) is 6.71. The Hall–Kier alpha value is -5.88. The van der Waals surface area contributed by atoms with Crippen LogP contribution in [0.5, 0.6) is 23.0 Å². The molecule has 0 unspecified atom stereocenters. The highest BCUT2D eigenvalue weighted by molar-refractivity contribution is 6.10. The van der Waals surface area contributed by atoms with Crippen molar-refractivity contribution in [2.75, 3.05) is 28.4 Å². The largest absolute Gasteiger partial charge is 0.497 e. The normalized spacial score (nSPS) is 11.0. The summed E-state index contributed by atoms with van der Waals surface area (Å²) >= 11 is 0. The van der Waals surface area contributed by atoms with Gasteiger partial charge < -0.3 is 28.1 Å². The van der Waals surface area contributed by atoms with Gasteiger partial charge in [-0.25, -0.2) is 0 Å². The summed E-state index contributed by atoms with van der Waals surface area (Å²) in [6.07, 6.45) is 0. The molecule has 0 radical (unpaired) electrons. The topological polar surface area (TPSA) is 46.8 Å². The molecule has 0 spiro atoms. The van der Waals surface area contributed by atoms with Crippen LogP contribution < -0.4 is 18.9 Å². The van der Waals surface area contributed by atoms with Gasteiger partial charge in [0.25, 0.3) is 0 Å². The van der Waals surface area contributed by atoms with Crippen molar-refractivity contribution in [1.29, 1.82) is 0 Å². The zero-order valence-corrected chi connectivity index (χ0v) is 26.2. The first kappa shape index (κ1) is 28.9. The van der Waals surface area contributed by atoms with Crippen LogP contribution >= 0.6 is 0 Å². The van der Waals surface area contributed by atoms with E-state index in [2.05, 4.69) is 106 Å². The van der Waals surface area contributed by atoms with Crippen molar-refractivity contribution in [2.45, 2.75) is 0 Å². The quantitative estimate of drug-likeness (QED) is 0.189. The molecule has 0 saturated carbocycles. The second-order valence-corrected chi connectivity index (χ2v) is 10.8. The SMILES string of the molecule is COc1cc(OC)cc(-n2c3ccccc3c3ccccc32)c1.COc1ccc(OC)c(-n2c3ccccc3c3ccccc32)c1. The number of aromatic nitrogens is 2. The molecule has 2 aromatic heterocycles. The van der Waals surface area contributed by atoms with E-state index in [0.717, 1.165) is 45.4 Å². The highest BCUT2D eigenvalue weighted by atomic mass is 16.5. The number of nitrogens with zero attached hydrogens (tertiary/aromatic N) is 2. The van der Waals surface area contributed by atoms with Crippen molar-refractivity contribution in [3.8, 4) is 34.4 Å². The molecule has 0 aliphatic heterocycles. The van der Waals surface area contributed by atoms with E-state index in [1.54, 1.807) is 28.4 Å². The van der Waals surface area contributed by atoms with E-state index in [1.807, 2.05) is 36.4 Å². The van der Waals surface area contributed by atoms with Gasteiger partial charge in [0, 0.05) is 45.8 Å². The third kappa shape index (κ3) is 4.94. The van der Waals surface area contributed by atoms with Crippen LogP contribution in [0.15, 0.2) is 133 Å². The van der Waals surface area contributed by atoms with Gasteiger partial charge in [0.15, 0.2) is 0 Å². The Labute approximate surface area is 267 Å². The Bertz CT molecular complexity index is 2200. The van der Waals surface area contributed by atoms with Crippen LogP contribution in [0.1, 0.15) is 0 Å². The maximum Gasteiger partial charge on any atom is 0.143 e. The molecular formula is C40H34N2O4. The standard InChI is InChI=1S/2C20H17NO2/c1-22-15-11-14(12-16(13-15)23-2)21-19-9-5-3-7-17(19)18-8-4-6-10-20(18)21;1-22-14-11-12-20(23-2)19(13-14)21-17-9-5-3-7-15(17)16-8-4-6-10-18(16)21/h2*3-13H,1-2H3. The Balaban J connectivity index is 0.000000147. The number of fused-ring (bicyclic) bond motifs is 6. The first-order valence-corrected chi connectivity index (χ1v) is 15.1. The van der Waals surface area contributed by atoms with Crippen molar-refractivity contribution < 1.29 is 18.9 Å². The predicted molar refractivity (Wildman–Crippen MR) is 188 cm³/mol. The number of benzene rings is 6. The molecule has 0 atom stereocenters. The van der Waals surface area contributed by atoms with Gasteiger partial charge in [-0.15, -0.1) is 0 Å². The van der Waals surface area contributed by atoms with Crippen molar-refractivity contribution in [1.82, 2.24) is 9.13 Å². The summed E-state index contributed by atoms with van der Waals surface area (Å²) in [6.45, 7) is 0. The van der Waals surface area contributed by atoms with Crippen molar-refractivity contribution in [3.05, 3.63) is 133 Å². The summed E-state index contributed by atoms with van der Waals surface area (Å²) in [6, 6.07) is 45.5. The second-order valence-electron chi connectivity index (χ2n) is 10.8. The molecule has 8 rings (SSSR count). The second kappa shape index (κ2) is 12.3. The molecule has 0 saturated heterocycles. The highest BCUT2D eigenvalue weighted by Crippen LogP contribution is 2.37. The van der Waals surface area contributed by atoms with Crippen LogP contribution in [-0.2, 0) is 0 Å². The maximum absolute atomic E-state index is 5.59. The number of ether oxygens (including phenoxy) is 4. The van der Waals surface area contributed by atoms with Crippen molar-refractivity contribution in [3.63, 3.8) is 0 Å². The number of methoxy groups -OCH3 is 4. The fourth-order valence-electron chi connectivity index (χ4n) is 6.28. The van der Waals surface area contributed by atoms with E-state index in [1.165, 1.54) is 32.6 Å². The fraction of sp³-hybridized carbons (Fsp3) is 0.100. The summed E-state index contributed by atoms with van der Waals surface area (Å²) in [5.74, 6) is 3.18. The lowest BCUT2D eigenvalue weighted by atomic mass is 10.2. The average Bonchev–Trinajstić information content (AvgIpc) is 3.64. The van der Waals surface area contributed by atoms with Crippen LogP contribution in [0.4, 0.5) is 0 Å². The molecule has 6 nitrogen and oxygen atoms in total. The number of hydrogen-bond acceptors (Lipinski definition) is 4. The molecule has 8 aromatic rings. The minimum absolute atomic E-state index is 0.779. The van der Waals surface area contributed by atoms with E-state index in [0.29, 0.717) is 0 Å². The van der Waals surface area contributed by atoms with E-state index < -0.39 is 0 Å². The van der Waals surface area contributed by atoms with Crippen LogP contribution in [0.3, 0.4) is 0 Å². The van der Waals surface area contributed by atoms with Gasteiger partial charge in [0.2, 0.25) is 0 Å². The lowest BCUT2D eigenvalue weighted by Crippen LogP contribution is -1.98. The Morgan fingerprint density at radius 3 is 1.20 bits per heavy atom. The number of para-hydroxylation sites is 4. The Morgan fingerprint density at radius 1 is 0.370 bits per heavy atom. The van der Waals surface area contributed by atoms with Gasteiger partial charge in [0.05, 0.1) is 61.9 Å². The van der Waals surface area contributed by atoms with E-state index in [4.69, 9.17) is 18.9 Å². The molecule has 46 heavy (non-hydrogen) atoms. The lowest BCUT2D eigenvalue weighted by Gasteiger charge is -2.14. The molecule has 6 heteroatoms. The molecule has 0 N–H and O–H groups in total. The van der Waals surface area contributed by atoms with Crippen molar-refractivity contribution >= 4 is 43.6 Å². The monoisotopic (exact) mass is 606 g/mol. The lowest BCUT2D eigenvalue weighted by molar-refractivity contribution is 0.394. The van der Waals surface area contributed by atoms with Crippen LogP contribution in [0, 0.1) is 0 Å². The average molecular weight is 607 g/mol. The van der Waals surface area contributed by atoms with Gasteiger partial charge in [-0.05, 0) is 36.4 Å². The van der Waals surface area contributed by atoms with Gasteiger partial charge >= 0.3 is 0 Å². The third-order valence-electron chi connectivity index (χ3n) is 8.38. The van der Waals surface area contributed by atoms with Crippen molar-refractivity contribution in [2.24, 2.45) is 0 Å². The zero-order chi connectivity index (χ0) is 31.6. The van der Waals surface area contributed by atoms with Gasteiger partial charge in [-0.2, -0.15) is 0 Å². The van der Waals surface area contributed by atoms with Gasteiger partial charge in [-0.3, -0.25) is 0 Å². The molecular weight excluding hydrogens is 572 g/mol. The molecule has 228 valence electrons. The zero-order valence-electron chi connectivity index (χ0n) is 26.2. The summed E-state index contributed by atoms with van der Waals surface area (Å²) < 4.78 is 26.3. The van der Waals surface area contributed by atoms with Crippen LogP contribution in [0.25, 0.3) is 55.0 Å². The Kier molecular flexibility index (Phi) is 7.69. The molecule has 0 aliphatic rings. The van der Waals surface area contributed by atoms with Crippen LogP contribution in [0.2, 0.25) is 0 Å². The molecule has 2 heterocycles. The summed E-state index contributed by atoms with van der Waals surface area (Å²) in [4.78, 5) is 0. The van der Waals surface area contributed by atoms with Crippen LogP contribution in [-0.4, -0.2) is 37.6 Å². The minimum atomic E-state index is 0.779. The molecule has 0 fully saturated rings. The van der Waals surface area contributed by atoms with E-state index >= 15 is 0 Å². The molecule has 0 bridgehead atoms. The molecule has 6 aromatic carbocycles. The summed E-state index contributed by atoms with van der Waals surface area (Å²) in [5, 5.41) is 4.94. The molecule has 0 amide bonds. The van der Waals surface area contributed by atoms with Gasteiger partial charge in [-0.1, -0.05) is 72.8 Å². The fourth-order valence-corrected chi connectivity index (χ4v) is 6.28. The Morgan fingerprint density at radius 2 is 0.783 bits per heavy atom. The van der Waals surface area contributed by atoms with Gasteiger partial charge in [0.1, 0.15) is 23.0 Å². The van der Waals surface area contributed by atoms with E-state index in [9.17, 15) is 0 Å². The van der Waals surface area contributed by atoms with E-state index in [-0.39, 0.29) is 0 Å². The maximum atomic E-state index is 5.59. The summed E-state index contributed by atoms with van der Waals surface area (Å²) in [5.41, 5.74) is 6.65. The highest BCUT2D eigenvalue weighted by Gasteiger charge is 2.16. The predicted octanol–water partition coefficient (Wildman–Crippen LogP) is 9.60. The smallest absolute Gasteiger partial charge is 0.143 e. The molecule has 0 aliphatic carbocycles. The first-order chi connectivity index (χ1) is 22.6. The number of hydrogen-bond donors (Lipinski definition) is 0. The third-order valence-corrected chi connectivity index (χ3v) is 8.38.